The lowest BCUT2D eigenvalue weighted by atomic mass is 9.92. The Hall–Kier alpha value is -2.18. The largest absolute Gasteiger partial charge is 0.352 e. The minimum Gasteiger partial charge on any atom is -0.352 e. The van der Waals surface area contributed by atoms with Gasteiger partial charge in [0.1, 0.15) is 0 Å². The molecule has 5 rings (SSSR count). The number of aromatic nitrogens is 2. The number of hydrogen-bond donors (Lipinski definition) is 1. The Morgan fingerprint density at radius 2 is 1.77 bits per heavy atom. The number of hydrogen-bond acceptors (Lipinski definition) is 2. The molecule has 1 aliphatic heterocycles. The summed E-state index contributed by atoms with van der Waals surface area (Å²) in [4.78, 5) is 7.16. The molecular formula is C24H25BrN4S. The molecular weight excluding hydrogens is 456 g/mol. The Bertz CT molecular complexity index is 1010. The van der Waals surface area contributed by atoms with Gasteiger partial charge in [-0.1, -0.05) is 41.3 Å². The summed E-state index contributed by atoms with van der Waals surface area (Å²) in [7, 11) is 0. The number of benzene rings is 1. The first-order valence-electron chi connectivity index (χ1n) is 10.7. The summed E-state index contributed by atoms with van der Waals surface area (Å²) in [5.41, 5.74) is 3.43. The maximum absolute atomic E-state index is 5.90. The lowest BCUT2D eigenvalue weighted by molar-refractivity contribution is 0.193. The van der Waals surface area contributed by atoms with Crippen molar-refractivity contribution in [2.75, 3.05) is 0 Å². The molecule has 2 aromatic heterocycles. The van der Waals surface area contributed by atoms with Crippen molar-refractivity contribution in [2.24, 2.45) is 0 Å². The zero-order chi connectivity index (χ0) is 20.5. The van der Waals surface area contributed by atoms with Crippen LogP contribution in [0.4, 0.5) is 0 Å². The monoisotopic (exact) mass is 480 g/mol. The topological polar surface area (TPSA) is 33.1 Å². The fourth-order valence-electron chi connectivity index (χ4n) is 4.91. The van der Waals surface area contributed by atoms with Crippen molar-refractivity contribution in [3.8, 4) is 5.69 Å². The summed E-state index contributed by atoms with van der Waals surface area (Å²) >= 11 is 9.45. The van der Waals surface area contributed by atoms with E-state index in [0.29, 0.717) is 6.04 Å². The molecule has 154 valence electrons. The molecule has 1 saturated carbocycles. The summed E-state index contributed by atoms with van der Waals surface area (Å²) in [6.07, 6.45) is 10.3. The highest BCUT2D eigenvalue weighted by atomic mass is 79.9. The summed E-state index contributed by atoms with van der Waals surface area (Å²) in [6, 6.07) is 19.6. The van der Waals surface area contributed by atoms with Gasteiger partial charge in [0.25, 0.3) is 0 Å². The number of nitrogens with one attached hydrogen (secondary N) is 1. The first-order valence-corrected chi connectivity index (χ1v) is 11.9. The molecule has 2 atom stereocenters. The fourth-order valence-corrected chi connectivity index (χ4v) is 5.56. The van der Waals surface area contributed by atoms with Gasteiger partial charge in [-0.05, 0) is 73.6 Å². The third-order valence-electron chi connectivity index (χ3n) is 6.29. The van der Waals surface area contributed by atoms with E-state index in [4.69, 9.17) is 12.2 Å². The molecule has 0 radical (unpaired) electrons. The normalized spacial score (nSPS) is 22.3. The van der Waals surface area contributed by atoms with Crippen molar-refractivity contribution < 1.29 is 0 Å². The van der Waals surface area contributed by atoms with Crippen LogP contribution in [0.2, 0.25) is 0 Å². The number of nitrogens with zero attached hydrogens (tertiary/aromatic N) is 3. The van der Waals surface area contributed by atoms with Gasteiger partial charge in [-0.25, -0.2) is 0 Å². The van der Waals surface area contributed by atoms with Crippen molar-refractivity contribution in [3.05, 3.63) is 82.9 Å². The fraction of sp³-hybridized carbons (Fsp3) is 0.333. The van der Waals surface area contributed by atoms with Crippen LogP contribution in [0, 0.1) is 0 Å². The van der Waals surface area contributed by atoms with Gasteiger partial charge < -0.3 is 14.8 Å². The number of halogens is 1. The lowest BCUT2D eigenvalue weighted by Gasteiger charge is -2.37. The van der Waals surface area contributed by atoms with Gasteiger partial charge in [0, 0.05) is 34.3 Å². The molecule has 2 aliphatic rings. The van der Waals surface area contributed by atoms with E-state index in [0.717, 1.165) is 21.0 Å². The molecule has 0 amide bonds. The SMILES string of the molecule is S=C1N[C@H](c2ccccn2)[C@@H](c2cccn2-c2ccc(Br)cc2)N1C1CCCCC1. The van der Waals surface area contributed by atoms with Crippen LogP contribution in [0.5, 0.6) is 0 Å². The van der Waals surface area contributed by atoms with E-state index in [9.17, 15) is 0 Å². The van der Waals surface area contributed by atoms with Gasteiger partial charge in [-0.3, -0.25) is 4.98 Å². The summed E-state index contributed by atoms with van der Waals surface area (Å²) in [5.74, 6) is 0. The molecule has 0 bridgehead atoms. The quantitative estimate of drug-likeness (QED) is 0.468. The van der Waals surface area contributed by atoms with Gasteiger partial charge >= 0.3 is 0 Å². The van der Waals surface area contributed by atoms with Crippen molar-refractivity contribution >= 4 is 33.3 Å². The molecule has 30 heavy (non-hydrogen) atoms. The lowest BCUT2D eigenvalue weighted by Crippen LogP contribution is -2.40. The molecule has 6 heteroatoms. The first kappa shape index (κ1) is 19.8. The molecule has 3 aromatic rings. The molecule has 0 unspecified atom stereocenters. The number of pyridine rings is 1. The highest BCUT2D eigenvalue weighted by Gasteiger charge is 2.44. The van der Waals surface area contributed by atoms with Gasteiger partial charge in [0.2, 0.25) is 0 Å². The minimum absolute atomic E-state index is 0.0322. The van der Waals surface area contributed by atoms with E-state index >= 15 is 0 Å². The average molecular weight is 481 g/mol. The number of thiocarbonyl (C=S) groups is 1. The van der Waals surface area contributed by atoms with Gasteiger partial charge in [-0.15, -0.1) is 0 Å². The van der Waals surface area contributed by atoms with E-state index < -0.39 is 0 Å². The van der Waals surface area contributed by atoms with Crippen LogP contribution in [-0.4, -0.2) is 25.6 Å². The highest BCUT2D eigenvalue weighted by molar-refractivity contribution is 9.10. The predicted octanol–water partition coefficient (Wildman–Crippen LogP) is 5.94. The van der Waals surface area contributed by atoms with Crippen LogP contribution in [0.3, 0.4) is 0 Å². The predicted molar refractivity (Wildman–Crippen MR) is 128 cm³/mol. The Morgan fingerprint density at radius 1 is 0.967 bits per heavy atom. The second kappa shape index (κ2) is 8.52. The van der Waals surface area contributed by atoms with Crippen molar-refractivity contribution in [2.45, 2.75) is 50.2 Å². The van der Waals surface area contributed by atoms with Crippen LogP contribution in [0.25, 0.3) is 5.69 Å². The summed E-state index contributed by atoms with van der Waals surface area (Å²) in [5, 5.41) is 4.47. The van der Waals surface area contributed by atoms with Crippen LogP contribution < -0.4 is 5.32 Å². The standard InChI is InChI=1S/C24H25BrN4S/c25-17-11-13-18(14-12-17)28-16-6-10-21(28)23-22(20-9-4-5-15-26-20)27-24(30)29(23)19-7-2-1-3-8-19/h4-6,9-16,19,22-23H,1-3,7-8H2,(H,27,30)/t22-,23-/m1/s1. The molecule has 1 saturated heterocycles. The molecule has 0 spiro atoms. The van der Waals surface area contributed by atoms with Crippen molar-refractivity contribution in [1.82, 2.24) is 19.8 Å². The summed E-state index contributed by atoms with van der Waals surface area (Å²) < 4.78 is 3.37. The van der Waals surface area contributed by atoms with E-state index in [1.807, 2.05) is 12.3 Å². The Morgan fingerprint density at radius 3 is 2.50 bits per heavy atom. The van der Waals surface area contributed by atoms with Crippen molar-refractivity contribution in [3.63, 3.8) is 0 Å². The Balaban J connectivity index is 1.60. The van der Waals surface area contributed by atoms with Crippen LogP contribution >= 0.6 is 28.1 Å². The molecule has 1 aromatic carbocycles. The van der Waals surface area contributed by atoms with E-state index in [1.165, 1.54) is 37.8 Å². The van der Waals surface area contributed by atoms with Crippen LogP contribution in [0.15, 0.2) is 71.5 Å². The Labute approximate surface area is 191 Å². The second-order valence-electron chi connectivity index (χ2n) is 8.11. The number of rotatable bonds is 4. The highest BCUT2D eigenvalue weighted by Crippen LogP contribution is 2.43. The maximum atomic E-state index is 5.90. The zero-order valence-corrected chi connectivity index (χ0v) is 19.1. The average Bonchev–Trinajstić information content (AvgIpc) is 3.40. The zero-order valence-electron chi connectivity index (χ0n) is 16.7. The van der Waals surface area contributed by atoms with Gasteiger partial charge in [0.05, 0.1) is 17.8 Å². The molecule has 2 fully saturated rings. The Kier molecular flexibility index (Phi) is 5.61. The van der Waals surface area contributed by atoms with E-state index in [2.05, 4.69) is 90.4 Å². The smallest absolute Gasteiger partial charge is 0.170 e. The second-order valence-corrected chi connectivity index (χ2v) is 9.41. The van der Waals surface area contributed by atoms with E-state index in [1.54, 1.807) is 0 Å². The minimum atomic E-state index is 0.0322. The first-order chi connectivity index (χ1) is 14.7. The molecule has 3 heterocycles. The third kappa shape index (κ3) is 3.67. The summed E-state index contributed by atoms with van der Waals surface area (Å²) in [6.45, 7) is 0. The van der Waals surface area contributed by atoms with Crippen molar-refractivity contribution in [1.29, 1.82) is 0 Å². The van der Waals surface area contributed by atoms with Gasteiger partial charge in [0.15, 0.2) is 5.11 Å². The van der Waals surface area contributed by atoms with Crippen LogP contribution in [0.1, 0.15) is 55.6 Å². The van der Waals surface area contributed by atoms with E-state index in [-0.39, 0.29) is 12.1 Å². The molecule has 4 nitrogen and oxygen atoms in total. The molecule has 1 N–H and O–H groups in total. The van der Waals surface area contributed by atoms with Gasteiger partial charge in [-0.2, -0.15) is 0 Å². The maximum Gasteiger partial charge on any atom is 0.170 e. The third-order valence-corrected chi connectivity index (χ3v) is 7.15. The van der Waals surface area contributed by atoms with Crippen LogP contribution in [-0.2, 0) is 0 Å². The molecule has 1 aliphatic carbocycles.